The van der Waals surface area contributed by atoms with Crippen molar-refractivity contribution in [2.45, 2.75) is 25.7 Å². The summed E-state index contributed by atoms with van der Waals surface area (Å²) in [4.78, 5) is 26.0. The van der Waals surface area contributed by atoms with Crippen molar-refractivity contribution in [1.82, 2.24) is 0 Å². The van der Waals surface area contributed by atoms with Crippen molar-refractivity contribution >= 4 is 29.3 Å². The molecule has 0 spiro atoms. The van der Waals surface area contributed by atoms with Crippen molar-refractivity contribution in [3.05, 3.63) is 24.3 Å². The average molecular weight is 295 g/mol. The number of carbonyl (C=O) groups excluding carboxylic acids is 1. The lowest BCUT2D eigenvalue weighted by atomic mass is 10.1. The van der Waals surface area contributed by atoms with Gasteiger partial charge in [-0.1, -0.05) is 26.8 Å². The van der Waals surface area contributed by atoms with Crippen LogP contribution in [0.4, 0.5) is 5.69 Å². The van der Waals surface area contributed by atoms with E-state index in [1.807, 2.05) is 44.4 Å². The van der Waals surface area contributed by atoms with Crippen molar-refractivity contribution < 1.29 is 14.7 Å². The van der Waals surface area contributed by atoms with E-state index in [0.29, 0.717) is 0 Å². The number of hydrogen-bond donors (Lipinski definition) is 1. The van der Waals surface area contributed by atoms with Crippen molar-refractivity contribution in [2.75, 3.05) is 17.7 Å². The SMILES string of the molecule is CSc1cccc(N(CC(C)C(=O)O)C(=O)C(C)C)c1. The van der Waals surface area contributed by atoms with Crippen LogP contribution in [-0.2, 0) is 9.59 Å². The van der Waals surface area contributed by atoms with Gasteiger partial charge in [0.2, 0.25) is 5.91 Å². The van der Waals surface area contributed by atoms with E-state index in [0.717, 1.165) is 10.6 Å². The molecule has 0 saturated carbocycles. The molecular formula is C15H21NO3S. The Hall–Kier alpha value is -1.49. The summed E-state index contributed by atoms with van der Waals surface area (Å²) in [5.41, 5.74) is 0.753. The van der Waals surface area contributed by atoms with Gasteiger partial charge in [0.1, 0.15) is 0 Å². The minimum Gasteiger partial charge on any atom is -0.481 e. The highest BCUT2D eigenvalue weighted by Crippen LogP contribution is 2.24. The van der Waals surface area contributed by atoms with Crippen LogP contribution in [0.2, 0.25) is 0 Å². The fourth-order valence-corrected chi connectivity index (χ4v) is 2.22. The van der Waals surface area contributed by atoms with Crippen LogP contribution in [0.25, 0.3) is 0 Å². The highest BCUT2D eigenvalue weighted by molar-refractivity contribution is 7.98. The zero-order valence-corrected chi connectivity index (χ0v) is 13.1. The van der Waals surface area contributed by atoms with Crippen LogP contribution < -0.4 is 4.90 Å². The third-order valence-corrected chi connectivity index (χ3v) is 3.73. The number of carbonyl (C=O) groups is 2. The lowest BCUT2D eigenvalue weighted by Gasteiger charge is -2.26. The summed E-state index contributed by atoms with van der Waals surface area (Å²) < 4.78 is 0. The fraction of sp³-hybridized carbons (Fsp3) is 0.467. The van der Waals surface area contributed by atoms with Gasteiger partial charge >= 0.3 is 5.97 Å². The second-order valence-corrected chi connectivity index (χ2v) is 5.92. The Morgan fingerprint density at radius 2 is 1.95 bits per heavy atom. The molecule has 1 N–H and O–H groups in total. The summed E-state index contributed by atoms with van der Waals surface area (Å²) in [6.45, 7) is 5.43. The van der Waals surface area contributed by atoms with Gasteiger partial charge < -0.3 is 10.0 Å². The lowest BCUT2D eigenvalue weighted by molar-refractivity contribution is -0.140. The maximum absolute atomic E-state index is 12.3. The van der Waals surface area contributed by atoms with Crippen LogP contribution >= 0.6 is 11.8 Å². The predicted molar refractivity (Wildman–Crippen MR) is 82.2 cm³/mol. The van der Waals surface area contributed by atoms with E-state index in [9.17, 15) is 9.59 Å². The first-order valence-electron chi connectivity index (χ1n) is 6.55. The summed E-state index contributed by atoms with van der Waals surface area (Å²) in [6.07, 6.45) is 1.97. The molecule has 5 heteroatoms. The van der Waals surface area contributed by atoms with Gasteiger partial charge in [-0.25, -0.2) is 0 Å². The lowest BCUT2D eigenvalue weighted by Crippen LogP contribution is -2.39. The quantitative estimate of drug-likeness (QED) is 0.819. The van der Waals surface area contributed by atoms with Crippen LogP contribution in [-0.4, -0.2) is 29.8 Å². The largest absolute Gasteiger partial charge is 0.481 e. The molecule has 1 aromatic rings. The van der Waals surface area contributed by atoms with Crippen LogP contribution in [0.1, 0.15) is 20.8 Å². The van der Waals surface area contributed by atoms with E-state index in [1.165, 1.54) is 0 Å². The molecule has 4 nitrogen and oxygen atoms in total. The van der Waals surface area contributed by atoms with Crippen LogP contribution in [0.3, 0.4) is 0 Å². The first-order valence-corrected chi connectivity index (χ1v) is 7.77. The zero-order valence-electron chi connectivity index (χ0n) is 12.3. The molecule has 0 radical (unpaired) electrons. The molecule has 0 heterocycles. The number of aliphatic carboxylic acids is 1. The van der Waals surface area contributed by atoms with Crippen molar-refractivity contribution in [3.63, 3.8) is 0 Å². The summed E-state index contributed by atoms with van der Waals surface area (Å²) in [7, 11) is 0. The standard InChI is InChI=1S/C15H21NO3S/c1-10(2)14(17)16(9-11(3)15(18)19)12-6-5-7-13(8-12)20-4/h5-8,10-11H,9H2,1-4H3,(H,18,19). The predicted octanol–water partition coefficient (Wildman–Crippen LogP) is 3.12. The Morgan fingerprint density at radius 3 is 2.45 bits per heavy atom. The highest BCUT2D eigenvalue weighted by Gasteiger charge is 2.24. The second kappa shape index (κ2) is 7.33. The Balaban J connectivity index is 3.08. The Morgan fingerprint density at radius 1 is 1.30 bits per heavy atom. The van der Waals surface area contributed by atoms with Gasteiger partial charge in [-0.3, -0.25) is 9.59 Å². The number of carboxylic acid groups (broad SMARTS) is 1. The van der Waals surface area contributed by atoms with E-state index in [-0.39, 0.29) is 18.4 Å². The highest BCUT2D eigenvalue weighted by atomic mass is 32.2. The van der Waals surface area contributed by atoms with E-state index in [2.05, 4.69) is 0 Å². The molecule has 0 saturated heterocycles. The number of nitrogens with zero attached hydrogens (tertiary/aromatic N) is 1. The minimum atomic E-state index is -0.896. The number of thioether (sulfide) groups is 1. The Bertz CT molecular complexity index is 488. The smallest absolute Gasteiger partial charge is 0.308 e. The monoisotopic (exact) mass is 295 g/mol. The molecule has 0 bridgehead atoms. The Labute approximate surface area is 124 Å². The normalized spacial score (nSPS) is 12.2. The minimum absolute atomic E-state index is 0.0589. The van der Waals surface area contributed by atoms with E-state index in [4.69, 9.17) is 5.11 Å². The third kappa shape index (κ3) is 4.27. The number of carboxylic acids is 1. The van der Waals surface area contributed by atoms with E-state index >= 15 is 0 Å². The van der Waals surface area contributed by atoms with Crippen molar-refractivity contribution in [3.8, 4) is 0 Å². The number of rotatable bonds is 6. The summed E-state index contributed by atoms with van der Waals surface area (Å²) in [5, 5.41) is 9.06. The maximum atomic E-state index is 12.3. The molecule has 0 aliphatic heterocycles. The summed E-state index contributed by atoms with van der Waals surface area (Å²) in [6, 6.07) is 7.61. The van der Waals surface area contributed by atoms with Gasteiger partial charge in [-0.15, -0.1) is 11.8 Å². The summed E-state index contributed by atoms with van der Waals surface area (Å²) >= 11 is 1.59. The number of anilines is 1. The van der Waals surface area contributed by atoms with Crippen LogP contribution in [0, 0.1) is 11.8 Å². The molecule has 20 heavy (non-hydrogen) atoms. The molecule has 110 valence electrons. The molecule has 1 amide bonds. The van der Waals surface area contributed by atoms with E-state index < -0.39 is 11.9 Å². The maximum Gasteiger partial charge on any atom is 0.308 e. The molecule has 0 fully saturated rings. The molecule has 0 aromatic heterocycles. The van der Waals surface area contributed by atoms with Crippen molar-refractivity contribution in [1.29, 1.82) is 0 Å². The van der Waals surface area contributed by atoms with Gasteiger partial charge in [0.05, 0.1) is 5.92 Å². The molecular weight excluding hydrogens is 274 g/mol. The first kappa shape index (κ1) is 16.6. The van der Waals surface area contributed by atoms with Gasteiger partial charge in [-0.05, 0) is 24.5 Å². The third-order valence-electron chi connectivity index (χ3n) is 3.00. The van der Waals surface area contributed by atoms with Gasteiger partial charge in [0, 0.05) is 23.0 Å². The molecule has 0 aliphatic carbocycles. The molecule has 1 atom stereocenters. The van der Waals surface area contributed by atoms with Crippen molar-refractivity contribution in [2.24, 2.45) is 11.8 Å². The van der Waals surface area contributed by atoms with E-state index in [1.54, 1.807) is 23.6 Å². The van der Waals surface area contributed by atoms with Crippen LogP contribution in [0.15, 0.2) is 29.2 Å². The Kier molecular flexibility index (Phi) is 6.07. The average Bonchev–Trinajstić information content (AvgIpc) is 2.43. The van der Waals surface area contributed by atoms with Crippen LogP contribution in [0.5, 0.6) is 0 Å². The number of hydrogen-bond acceptors (Lipinski definition) is 3. The summed E-state index contributed by atoms with van der Waals surface area (Å²) in [5.74, 6) is -1.73. The molecule has 1 aromatic carbocycles. The molecule has 1 unspecified atom stereocenters. The zero-order chi connectivity index (χ0) is 15.3. The second-order valence-electron chi connectivity index (χ2n) is 5.04. The number of amides is 1. The fourth-order valence-electron chi connectivity index (χ4n) is 1.76. The topological polar surface area (TPSA) is 57.6 Å². The van der Waals surface area contributed by atoms with Gasteiger partial charge in [-0.2, -0.15) is 0 Å². The van der Waals surface area contributed by atoms with Gasteiger partial charge in [0.25, 0.3) is 0 Å². The first-order chi connectivity index (χ1) is 9.36. The molecule has 0 aliphatic rings. The molecule has 1 rings (SSSR count). The van der Waals surface area contributed by atoms with Gasteiger partial charge in [0.15, 0.2) is 0 Å². The number of benzene rings is 1.